The normalized spacial score (nSPS) is 20.4. The Kier molecular flexibility index (Phi) is 4.00. The first-order chi connectivity index (χ1) is 8.31. The fourth-order valence-electron chi connectivity index (χ4n) is 2.39. The van der Waals surface area contributed by atoms with Crippen LogP contribution < -0.4 is 10.2 Å². The monoisotopic (exact) mass is 229 g/mol. The summed E-state index contributed by atoms with van der Waals surface area (Å²) in [6.07, 6.45) is 3.63. The molecule has 1 fully saturated rings. The quantitative estimate of drug-likeness (QED) is 0.844. The van der Waals surface area contributed by atoms with Crippen LogP contribution in [-0.2, 0) is 0 Å². The third-order valence-corrected chi connectivity index (χ3v) is 3.48. The van der Waals surface area contributed by atoms with Crippen molar-refractivity contribution in [1.82, 2.24) is 5.32 Å². The first kappa shape index (κ1) is 11.9. The molecule has 1 N–H and O–H groups in total. The van der Waals surface area contributed by atoms with E-state index in [-0.39, 0.29) is 0 Å². The van der Waals surface area contributed by atoms with Crippen molar-refractivity contribution in [3.05, 3.63) is 29.8 Å². The number of hydrogen-bond donors (Lipinski definition) is 1. The summed E-state index contributed by atoms with van der Waals surface area (Å²) in [5.41, 5.74) is 1.89. The Hall–Kier alpha value is -1.53. The highest BCUT2D eigenvalue weighted by atomic mass is 15.1. The van der Waals surface area contributed by atoms with E-state index in [1.165, 1.54) is 19.3 Å². The molecule has 1 heterocycles. The van der Waals surface area contributed by atoms with Gasteiger partial charge in [-0.3, -0.25) is 0 Å². The molecule has 0 amide bonds. The van der Waals surface area contributed by atoms with Gasteiger partial charge in [0.05, 0.1) is 11.6 Å². The Morgan fingerprint density at radius 2 is 2.24 bits per heavy atom. The van der Waals surface area contributed by atoms with Crippen LogP contribution in [0.25, 0.3) is 0 Å². The molecule has 0 aliphatic carbocycles. The van der Waals surface area contributed by atoms with Gasteiger partial charge in [0.25, 0.3) is 0 Å². The van der Waals surface area contributed by atoms with Crippen LogP contribution in [0.2, 0.25) is 0 Å². The molecule has 1 atom stereocenters. The molecule has 1 saturated heterocycles. The average Bonchev–Trinajstić information content (AvgIpc) is 2.67. The topological polar surface area (TPSA) is 39.1 Å². The van der Waals surface area contributed by atoms with Gasteiger partial charge in [-0.1, -0.05) is 6.07 Å². The zero-order valence-corrected chi connectivity index (χ0v) is 10.3. The number of hydrogen-bond acceptors (Lipinski definition) is 3. The van der Waals surface area contributed by atoms with Crippen molar-refractivity contribution in [2.45, 2.75) is 25.3 Å². The Balaban J connectivity index is 2.12. The summed E-state index contributed by atoms with van der Waals surface area (Å²) in [6, 6.07) is 10.6. The lowest BCUT2D eigenvalue weighted by molar-refractivity contribution is 0.567. The fourth-order valence-corrected chi connectivity index (χ4v) is 2.39. The lowest BCUT2D eigenvalue weighted by atomic mass is 10.1. The lowest BCUT2D eigenvalue weighted by Crippen LogP contribution is -2.32. The summed E-state index contributed by atoms with van der Waals surface area (Å²) in [6.45, 7) is 2.22. The van der Waals surface area contributed by atoms with E-state index >= 15 is 0 Å². The van der Waals surface area contributed by atoms with Crippen LogP contribution in [0.3, 0.4) is 0 Å². The third kappa shape index (κ3) is 2.98. The van der Waals surface area contributed by atoms with Gasteiger partial charge in [-0.15, -0.1) is 0 Å². The van der Waals surface area contributed by atoms with Gasteiger partial charge >= 0.3 is 0 Å². The minimum Gasteiger partial charge on any atom is -0.372 e. The minimum absolute atomic E-state index is 0.582. The molecule has 3 heteroatoms. The van der Waals surface area contributed by atoms with E-state index in [1.807, 2.05) is 18.2 Å². The highest BCUT2D eigenvalue weighted by molar-refractivity contribution is 5.51. The number of anilines is 1. The van der Waals surface area contributed by atoms with Gasteiger partial charge in [-0.25, -0.2) is 0 Å². The number of nitrogens with one attached hydrogen (secondary N) is 1. The second-order valence-corrected chi connectivity index (χ2v) is 4.61. The number of rotatable bonds is 2. The Bertz CT molecular complexity index is 400. The second-order valence-electron chi connectivity index (χ2n) is 4.61. The SMILES string of the molecule is CN(c1cccc(C#N)c1)C1CCCNCC1. The van der Waals surface area contributed by atoms with E-state index in [1.54, 1.807) is 0 Å². The summed E-state index contributed by atoms with van der Waals surface area (Å²) >= 11 is 0. The molecule has 1 aliphatic rings. The van der Waals surface area contributed by atoms with Crippen molar-refractivity contribution < 1.29 is 0 Å². The second kappa shape index (κ2) is 5.70. The summed E-state index contributed by atoms with van der Waals surface area (Å²) in [4.78, 5) is 2.31. The Morgan fingerprint density at radius 3 is 3.06 bits per heavy atom. The maximum Gasteiger partial charge on any atom is 0.0992 e. The molecular weight excluding hydrogens is 210 g/mol. The molecular formula is C14H19N3. The maximum atomic E-state index is 8.92. The van der Waals surface area contributed by atoms with Crippen molar-refractivity contribution in [3.63, 3.8) is 0 Å². The molecule has 1 aromatic carbocycles. The van der Waals surface area contributed by atoms with E-state index in [4.69, 9.17) is 5.26 Å². The van der Waals surface area contributed by atoms with Crippen molar-refractivity contribution in [1.29, 1.82) is 5.26 Å². The van der Waals surface area contributed by atoms with Crippen LogP contribution >= 0.6 is 0 Å². The smallest absolute Gasteiger partial charge is 0.0992 e. The maximum absolute atomic E-state index is 8.92. The lowest BCUT2D eigenvalue weighted by Gasteiger charge is -2.29. The van der Waals surface area contributed by atoms with Gasteiger partial charge < -0.3 is 10.2 Å². The van der Waals surface area contributed by atoms with Gasteiger partial charge in [0, 0.05) is 18.8 Å². The predicted octanol–water partition coefficient (Wildman–Crippen LogP) is 2.14. The molecule has 90 valence electrons. The highest BCUT2D eigenvalue weighted by Crippen LogP contribution is 2.21. The highest BCUT2D eigenvalue weighted by Gasteiger charge is 2.17. The Morgan fingerprint density at radius 1 is 1.35 bits per heavy atom. The molecule has 3 nitrogen and oxygen atoms in total. The zero-order valence-electron chi connectivity index (χ0n) is 10.3. The zero-order chi connectivity index (χ0) is 12.1. The molecule has 0 radical (unpaired) electrons. The fraction of sp³-hybridized carbons (Fsp3) is 0.500. The first-order valence-electron chi connectivity index (χ1n) is 6.25. The summed E-state index contributed by atoms with van der Waals surface area (Å²) in [5, 5.41) is 12.3. The molecule has 0 spiro atoms. The van der Waals surface area contributed by atoms with E-state index in [0.717, 1.165) is 24.3 Å². The van der Waals surface area contributed by atoms with Crippen molar-refractivity contribution in [2.75, 3.05) is 25.0 Å². The van der Waals surface area contributed by atoms with Crippen molar-refractivity contribution >= 4 is 5.69 Å². The van der Waals surface area contributed by atoms with Crippen molar-refractivity contribution in [2.24, 2.45) is 0 Å². The van der Waals surface area contributed by atoms with Crippen molar-refractivity contribution in [3.8, 4) is 6.07 Å². The molecule has 0 saturated carbocycles. The van der Waals surface area contributed by atoms with Gasteiger partial charge in [-0.2, -0.15) is 5.26 Å². The van der Waals surface area contributed by atoms with E-state index in [9.17, 15) is 0 Å². The third-order valence-electron chi connectivity index (χ3n) is 3.48. The van der Waals surface area contributed by atoms with Crippen LogP contribution in [0.1, 0.15) is 24.8 Å². The van der Waals surface area contributed by atoms with E-state index in [2.05, 4.69) is 29.4 Å². The summed E-state index contributed by atoms with van der Waals surface area (Å²) in [5.74, 6) is 0. The summed E-state index contributed by atoms with van der Waals surface area (Å²) in [7, 11) is 2.13. The molecule has 0 aromatic heterocycles. The van der Waals surface area contributed by atoms with Crippen LogP contribution in [0.5, 0.6) is 0 Å². The summed E-state index contributed by atoms with van der Waals surface area (Å²) < 4.78 is 0. The van der Waals surface area contributed by atoms with Crippen LogP contribution in [0.15, 0.2) is 24.3 Å². The van der Waals surface area contributed by atoms with Crippen LogP contribution in [0, 0.1) is 11.3 Å². The average molecular weight is 229 g/mol. The van der Waals surface area contributed by atoms with E-state index in [0.29, 0.717) is 6.04 Å². The largest absolute Gasteiger partial charge is 0.372 e. The molecule has 17 heavy (non-hydrogen) atoms. The number of nitrogens with zero attached hydrogens (tertiary/aromatic N) is 2. The minimum atomic E-state index is 0.582. The molecule has 0 bridgehead atoms. The number of nitriles is 1. The molecule has 2 rings (SSSR count). The molecule has 1 aromatic rings. The van der Waals surface area contributed by atoms with E-state index < -0.39 is 0 Å². The van der Waals surface area contributed by atoms with Crippen LogP contribution in [-0.4, -0.2) is 26.2 Å². The molecule has 1 aliphatic heterocycles. The molecule has 1 unspecified atom stereocenters. The van der Waals surface area contributed by atoms with Crippen LogP contribution in [0.4, 0.5) is 5.69 Å². The predicted molar refractivity (Wildman–Crippen MR) is 70.1 cm³/mol. The van der Waals surface area contributed by atoms with Gasteiger partial charge in [0.15, 0.2) is 0 Å². The van der Waals surface area contributed by atoms with Gasteiger partial charge in [0.2, 0.25) is 0 Å². The number of benzene rings is 1. The van der Waals surface area contributed by atoms with Gasteiger partial charge in [0.1, 0.15) is 0 Å². The first-order valence-corrected chi connectivity index (χ1v) is 6.25. The standard InChI is InChI=1S/C14H19N3/c1-17(13-6-3-8-16-9-7-13)14-5-2-4-12(10-14)11-15/h2,4-5,10,13,16H,3,6-9H2,1H3. The van der Waals surface area contributed by atoms with Gasteiger partial charge in [-0.05, 0) is 50.6 Å². The Labute approximate surface area is 103 Å².